The zero-order valence-electron chi connectivity index (χ0n) is 17.9. The molecule has 2 N–H and O–H groups in total. The van der Waals surface area contributed by atoms with E-state index in [0.717, 1.165) is 45.5 Å². The number of nitrogens with one attached hydrogen (secondary N) is 1. The Bertz CT molecular complexity index is 1150. The molecule has 0 aliphatic carbocycles. The van der Waals surface area contributed by atoms with Gasteiger partial charge in [-0.25, -0.2) is 4.79 Å². The van der Waals surface area contributed by atoms with Crippen molar-refractivity contribution >= 4 is 27.6 Å². The Hall–Kier alpha value is -3.57. The van der Waals surface area contributed by atoms with Crippen LogP contribution in [0.1, 0.15) is 24.0 Å². The Morgan fingerprint density at radius 1 is 0.812 bits per heavy atom. The van der Waals surface area contributed by atoms with Gasteiger partial charge in [0.25, 0.3) is 0 Å². The Balaban J connectivity index is 1.22. The molecule has 0 spiro atoms. The average Bonchev–Trinajstić information content (AvgIpc) is 2.81. The van der Waals surface area contributed by atoms with Gasteiger partial charge in [-0.15, -0.1) is 0 Å². The molecular formula is C27H27NO4. The predicted octanol–water partition coefficient (Wildman–Crippen LogP) is 5.92. The van der Waals surface area contributed by atoms with Crippen LogP contribution < -0.4 is 5.32 Å². The molecule has 0 unspecified atom stereocenters. The van der Waals surface area contributed by atoms with Crippen LogP contribution in [0, 0.1) is 0 Å². The van der Waals surface area contributed by atoms with Gasteiger partial charge < -0.3 is 19.9 Å². The Kier molecular flexibility index (Phi) is 7.20. The van der Waals surface area contributed by atoms with E-state index in [4.69, 9.17) is 9.47 Å². The summed E-state index contributed by atoms with van der Waals surface area (Å²) in [6.07, 6.45) is 1.21. The first-order chi connectivity index (χ1) is 15.7. The van der Waals surface area contributed by atoms with Crippen LogP contribution in [0.3, 0.4) is 0 Å². The Morgan fingerprint density at radius 2 is 1.53 bits per heavy atom. The fourth-order valence-electron chi connectivity index (χ4n) is 3.81. The third-order valence-electron chi connectivity index (χ3n) is 5.39. The molecule has 0 aromatic heterocycles. The van der Waals surface area contributed by atoms with Gasteiger partial charge in [-0.05, 0) is 58.1 Å². The van der Waals surface area contributed by atoms with Gasteiger partial charge in [0.05, 0.1) is 6.61 Å². The van der Waals surface area contributed by atoms with Crippen molar-refractivity contribution in [1.82, 2.24) is 5.32 Å². The number of hydrogen-bond donors (Lipinski definition) is 2. The van der Waals surface area contributed by atoms with E-state index >= 15 is 0 Å². The van der Waals surface area contributed by atoms with Gasteiger partial charge in [-0.2, -0.15) is 0 Å². The van der Waals surface area contributed by atoms with Gasteiger partial charge in [-0.1, -0.05) is 60.7 Å². The highest BCUT2D eigenvalue weighted by Crippen LogP contribution is 2.29. The van der Waals surface area contributed by atoms with Crippen LogP contribution in [0.2, 0.25) is 0 Å². The molecule has 0 saturated heterocycles. The molecule has 32 heavy (non-hydrogen) atoms. The second-order valence-corrected chi connectivity index (χ2v) is 7.73. The van der Waals surface area contributed by atoms with E-state index in [1.165, 1.54) is 0 Å². The van der Waals surface area contributed by atoms with Crippen molar-refractivity contribution in [2.24, 2.45) is 0 Å². The zero-order valence-corrected chi connectivity index (χ0v) is 17.9. The molecule has 0 saturated carbocycles. The largest absolute Gasteiger partial charge is 0.508 e. The molecule has 0 radical (unpaired) electrons. The fraction of sp³-hybridized carbons (Fsp3) is 0.222. The second kappa shape index (κ2) is 10.6. The number of benzene rings is 4. The zero-order chi connectivity index (χ0) is 22.2. The summed E-state index contributed by atoms with van der Waals surface area (Å²) >= 11 is 0. The maximum Gasteiger partial charge on any atom is 0.407 e. The van der Waals surface area contributed by atoms with Crippen molar-refractivity contribution in [3.63, 3.8) is 0 Å². The number of ether oxygens (including phenoxy) is 2. The maximum atomic E-state index is 12.2. The smallest absolute Gasteiger partial charge is 0.407 e. The maximum absolute atomic E-state index is 12.2. The van der Waals surface area contributed by atoms with Gasteiger partial charge in [0.2, 0.25) is 0 Å². The van der Waals surface area contributed by atoms with Gasteiger partial charge >= 0.3 is 6.09 Å². The predicted molar refractivity (Wildman–Crippen MR) is 127 cm³/mol. The SMILES string of the molecule is O=C(NCCCCOCc1cccc(O)c1)OCc1c2ccccc2cc2ccccc12. The summed E-state index contributed by atoms with van der Waals surface area (Å²) in [4.78, 5) is 12.2. The molecule has 5 nitrogen and oxygen atoms in total. The average molecular weight is 430 g/mol. The number of phenolic OH excluding ortho intramolecular Hbond substituents is 1. The molecule has 164 valence electrons. The lowest BCUT2D eigenvalue weighted by Crippen LogP contribution is -2.25. The highest BCUT2D eigenvalue weighted by molar-refractivity contribution is 6.02. The normalized spacial score (nSPS) is 11.0. The summed E-state index contributed by atoms with van der Waals surface area (Å²) in [7, 11) is 0. The molecule has 0 aliphatic rings. The molecule has 0 heterocycles. The van der Waals surface area contributed by atoms with Crippen molar-refractivity contribution in [2.75, 3.05) is 13.2 Å². The molecule has 0 aliphatic heterocycles. The lowest BCUT2D eigenvalue weighted by molar-refractivity contribution is 0.116. The van der Waals surface area contributed by atoms with Crippen molar-refractivity contribution < 1.29 is 19.4 Å². The Labute approximate surface area is 187 Å². The third kappa shape index (κ3) is 5.56. The van der Waals surface area contributed by atoms with Crippen LogP contribution >= 0.6 is 0 Å². The van der Waals surface area contributed by atoms with E-state index in [0.29, 0.717) is 19.8 Å². The number of aromatic hydroxyl groups is 1. The highest BCUT2D eigenvalue weighted by atomic mass is 16.5. The van der Waals surface area contributed by atoms with Crippen LogP contribution in [0.5, 0.6) is 5.75 Å². The fourth-order valence-corrected chi connectivity index (χ4v) is 3.81. The molecule has 0 fully saturated rings. The minimum atomic E-state index is -0.414. The number of rotatable bonds is 9. The van der Waals surface area contributed by atoms with E-state index < -0.39 is 6.09 Å². The minimum absolute atomic E-state index is 0.223. The van der Waals surface area contributed by atoms with Crippen LogP contribution in [-0.4, -0.2) is 24.4 Å². The summed E-state index contributed by atoms with van der Waals surface area (Å²) in [6.45, 7) is 1.81. The van der Waals surface area contributed by atoms with E-state index in [1.54, 1.807) is 18.2 Å². The number of unbranched alkanes of at least 4 members (excludes halogenated alkanes) is 1. The molecule has 5 heteroatoms. The van der Waals surface area contributed by atoms with Crippen LogP contribution in [0.25, 0.3) is 21.5 Å². The van der Waals surface area contributed by atoms with E-state index in [9.17, 15) is 9.90 Å². The van der Waals surface area contributed by atoms with Gasteiger partial charge in [0.1, 0.15) is 12.4 Å². The summed E-state index contributed by atoms with van der Waals surface area (Å²) in [5, 5.41) is 16.7. The second-order valence-electron chi connectivity index (χ2n) is 7.73. The standard InChI is InChI=1S/C27H27NO4/c29-23-11-7-8-20(16-23)18-31-15-6-5-14-28-27(30)32-19-26-24-12-3-1-9-21(24)17-22-10-2-4-13-25(22)26/h1-4,7-13,16-17,29H,5-6,14-15,18-19H2,(H,28,30). The van der Waals surface area contributed by atoms with Crippen molar-refractivity contribution in [2.45, 2.75) is 26.1 Å². The number of carbonyl (C=O) groups is 1. The number of carbonyl (C=O) groups excluding carboxylic acids is 1. The first kappa shape index (κ1) is 21.7. The van der Waals surface area contributed by atoms with Crippen molar-refractivity contribution in [3.8, 4) is 5.75 Å². The molecule has 0 atom stereocenters. The summed E-state index contributed by atoms with van der Waals surface area (Å²) in [5.74, 6) is 0.241. The summed E-state index contributed by atoms with van der Waals surface area (Å²) in [5.41, 5.74) is 1.96. The minimum Gasteiger partial charge on any atom is -0.508 e. The first-order valence-electron chi connectivity index (χ1n) is 10.9. The molecule has 4 aromatic carbocycles. The molecular weight excluding hydrogens is 402 g/mol. The quantitative estimate of drug-likeness (QED) is 0.256. The van der Waals surface area contributed by atoms with Crippen molar-refractivity contribution in [1.29, 1.82) is 0 Å². The Morgan fingerprint density at radius 3 is 2.25 bits per heavy atom. The van der Waals surface area contributed by atoms with Gasteiger partial charge in [-0.3, -0.25) is 0 Å². The molecule has 0 bridgehead atoms. The van der Waals surface area contributed by atoms with E-state index in [1.807, 2.05) is 30.3 Å². The van der Waals surface area contributed by atoms with Crippen LogP contribution in [0.4, 0.5) is 4.79 Å². The van der Waals surface area contributed by atoms with Gasteiger partial charge in [0.15, 0.2) is 0 Å². The summed E-state index contributed by atoms with van der Waals surface area (Å²) < 4.78 is 11.1. The lowest BCUT2D eigenvalue weighted by Gasteiger charge is -2.12. The number of phenols is 1. The topological polar surface area (TPSA) is 67.8 Å². The van der Waals surface area contributed by atoms with Crippen LogP contribution in [-0.2, 0) is 22.7 Å². The monoisotopic (exact) mass is 429 g/mol. The molecule has 4 rings (SSSR count). The molecule has 1 amide bonds. The molecule has 4 aromatic rings. The van der Waals surface area contributed by atoms with Gasteiger partial charge in [0, 0.05) is 18.7 Å². The number of hydrogen-bond acceptors (Lipinski definition) is 4. The van der Waals surface area contributed by atoms with E-state index in [-0.39, 0.29) is 12.4 Å². The van der Waals surface area contributed by atoms with Crippen molar-refractivity contribution in [3.05, 3.63) is 90.0 Å². The van der Waals surface area contributed by atoms with E-state index in [2.05, 4.69) is 35.6 Å². The highest BCUT2D eigenvalue weighted by Gasteiger charge is 2.10. The number of amides is 1. The number of fused-ring (bicyclic) bond motifs is 2. The summed E-state index contributed by atoms with van der Waals surface area (Å²) in [6, 6.07) is 25.5. The number of alkyl carbamates (subject to hydrolysis) is 1. The lowest BCUT2D eigenvalue weighted by atomic mass is 9.97. The third-order valence-corrected chi connectivity index (χ3v) is 5.39. The first-order valence-corrected chi connectivity index (χ1v) is 10.9. The van der Waals surface area contributed by atoms with Crippen LogP contribution in [0.15, 0.2) is 78.9 Å².